The lowest BCUT2D eigenvalue weighted by molar-refractivity contribution is -0.0274. The van der Waals surface area contributed by atoms with Crippen LogP contribution in [0.2, 0.25) is 10.0 Å². The molecule has 10 heteroatoms. The maximum atomic E-state index is 15.4. The van der Waals surface area contributed by atoms with Gasteiger partial charge in [-0.15, -0.1) is 0 Å². The zero-order valence-electron chi connectivity index (χ0n) is 19.2. The van der Waals surface area contributed by atoms with E-state index >= 15 is 4.39 Å². The average Bonchev–Trinajstić information content (AvgIpc) is 3.64. The highest BCUT2D eigenvalue weighted by atomic mass is 35.5. The van der Waals surface area contributed by atoms with Crippen LogP contribution in [0.15, 0.2) is 30.3 Å². The van der Waals surface area contributed by atoms with Crippen molar-refractivity contribution in [2.24, 2.45) is 0 Å². The lowest BCUT2D eigenvalue weighted by atomic mass is 9.93. The molecule has 5 nitrogen and oxygen atoms in total. The molecule has 4 rings (SSSR count). The Morgan fingerprint density at radius 3 is 2.40 bits per heavy atom. The highest BCUT2D eigenvalue weighted by Crippen LogP contribution is 2.43. The Morgan fingerprint density at radius 2 is 1.80 bits per heavy atom. The van der Waals surface area contributed by atoms with Crippen LogP contribution in [0.5, 0.6) is 0 Å². The largest absolute Gasteiger partial charge is 0.373 e. The molecule has 0 radical (unpaired) electrons. The van der Waals surface area contributed by atoms with E-state index < -0.39 is 17.4 Å². The first-order chi connectivity index (χ1) is 16.7. The minimum absolute atomic E-state index is 0.00462. The fourth-order valence-corrected chi connectivity index (χ4v) is 5.13. The topological polar surface area (TPSA) is 58.6 Å². The van der Waals surface area contributed by atoms with Crippen molar-refractivity contribution >= 4 is 47.0 Å². The number of carbonyl (C=O) groups is 2. The third-order valence-electron chi connectivity index (χ3n) is 6.36. The quantitative estimate of drug-likeness (QED) is 0.404. The van der Waals surface area contributed by atoms with Crippen LogP contribution < -0.4 is 4.72 Å². The van der Waals surface area contributed by atoms with Crippen LogP contribution in [-0.4, -0.2) is 48.3 Å². The van der Waals surface area contributed by atoms with Crippen molar-refractivity contribution in [2.75, 3.05) is 26.0 Å². The van der Waals surface area contributed by atoms with Crippen LogP contribution in [0, 0.1) is 5.82 Å². The molecule has 2 amide bonds. The van der Waals surface area contributed by atoms with E-state index in [1.807, 2.05) is 0 Å². The van der Waals surface area contributed by atoms with Gasteiger partial charge in [0.2, 0.25) is 0 Å². The Kier molecular flexibility index (Phi) is 8.26. The molecule has 0 spiro atoms. The molecule has 0 bridgehead atoms. The lowest BCUT2D eigenvalue weighted by Crippen LogP contribution is -2.46. The van der Waals surface area contributed by atoms with Gasteiger partial charge in [-0.2, -0.15) is 0 Å². The van der Waals surface area contributed by atoms with E-state index in [1.165, 1.54) is 6.07 Å². The predicted octanol–water partition coefficient (Wildman–Crippen LogP) is 6.18. The van der Waals surface area contributed by atoms with Crippen molar-refractivity contribution < 1.29 is 23.1 Å². The summed E-state index contributed by atoms with van der Waals surface area (Å²) in [6.07, 6.45) is 3.89. The van der Waals surface area contributed by atoms with Gasteiger partial charge in [-0.1, -0.05) is 35.1 Å². The van der Waals surface area contributed by atoms with Crippen LogP contribution in [0.1, 0.15) is 63.4 Å². The normalized spacial score (nSPS) is 17.3. The van der Waals surface area contributed by atoms with Crippen LogP contribution in [0.25, 0.3) is 0 Å². The highest BCUT2D eigenvalue weighted by molar-refractivity contribution is 7.97. The summed E-state index contributed by atoms with van der Waals surface area (Å²) in [4.78, 5) is 26.5. The summed E-state index contributed by atoms with van der Waals surface area (Å²) in [6.45, 7) is 0.384. The molecule has 2 aliphatic rings. The molecule has 0 atom stereocenters. The number of carbonyl (C=O) groups excluding carboxylic acids is 2. The maximum Gasteiger partial charge on any atom is 0.264 e. The zero-order chi connectivity index (χ0) is 25.2. The van der Waals surface area contributed by atoms with Gasteiger partial charge >= 0.3 is 0 Å². The van der Waals surface area contributed by atoms with Gasteiger partial charge in [-0.3, -0.25) is 14.3 Å². The smallest absolute Gasteiger partial charge is 0.264 e. The molecule has 0 unspecified atom stereocenters. The molecular weight excluding hydrogens is 517 g/mol. The summed E-state index contributed by atoms with van der Waals surface area (Å²) >= 11 is 13.1. The van der Waals surface area contributed by atoms with Gasteiger partial charge in [-0.25, -0.2) is 8.78 Å². The summed E-state index contributed by atoms with van der Waals surface area (Å²) in [5.74, 6) is -1.08. The first-order valence-electron chi connectivity index (χ1n) is 11.4. The summed E-state index contributed by atoms with van der Waals surface area (Å²) in [5.41, 5.74) is 0.310. The van der Waals surface area contributed by atoms with E-state index in [4.69, 9.17) is 27.9 Å². The van der Waals surface area contributed by atoms with Gasteiger partial charge in [0.25, 0.3) is 11.8 Å². The fourth-order valence-electron chi connectivity index (χ4n) is 4.31. The van der Waals surface area contributed by atoms with Gasteiger partial charge in [0.1, 0.15) is 11.5 Å². The molecule has 1 saturated carbocycles. The van der Waals surface area contributed by atoms with E-state index in [9.17, 15) is 14.0 Å². The van der Waals surface area contributed by atoms with Crippen molar-refractivity contribution in [3.8, 4) is 0 Å². The molecule has 1 N–H and O–H groups in total. The molecule has 2 aromatic carbocycles. The number of hydrogen-bond acceptors (Lipinski definition) is 4. The van der Waals surface area contributed by atoms with E-state index in [-0.39, 0.29) is 56.5 Å². The van der Waals surface area contributed by atoms with Crippen molar-refractivity contribution in [3.63, 3.8) is 0 Å². The third kappa shape index (κ3) is 6.47. The first kappa shape index (κ1) is 26.2. The van der Waals surface area contributed by atoms with Crippen molar-refractivity contribution in [3.05, 3.63) is 68.4 Å². The minimum Gasteiger partial charge on any atom is -0.373 e. The molecule has 1 aliphatic heterocycles. The summed E-state index contributed by atoms with van der Waals surface area (Å²) < 4.78 is 38.3. The number of rotatable bonds is 8. The number of likely N-dealkylation sites (tertiary alicyclic amines) is 1. The van der Waals surface area contributed by atoms with E-state index in [1.54, 1.807) is 35.4 Å². The Bertz CT molecular complexity index is 1100. The number of alkyl halides is 1. The fraction of sp³-hybridized carbons (Fsp3) is 0.440. The second-order valence-corrected chi connectivity index (χ2v) is 10.5. The number of amides is 2. The summed E-state index contributed by atoms with van der Waals surface area (Å²) in [6, 6.07) is 7.55. The monoisotopic (exact) mass is 542 g/mol. The van der Waals surface area contributed by atoms with Crippen LogP contribution in [0.4, 0.5) is 8.78 Å². The van der Waals surface area contributed by atoms with Gasteiger partial charge in [-0.05, 0) is 60.2 Å². The standard InChI is InChI=1S/C25H26Cl2F2N2O3S/c1-35-30-23(32)21-12-20(15-2-3-15)17(10-22(21)28)13-34-14-25(29)4-6-31(7-5-25)24(33)16-8-18(26)11-19(27)9-16/h8-12,15H,2-7,13-14H2,1H3,(H,30,32). The number of halogens is 4. The minimum atomic E-state index is -1.58. The number of benzene rings is 2. The molecule has 0 aromatic heterocycles. The molecule has 1 heterocycles. The lowest BCUT2D eigenvalue weighted by Gasteiger charge is -2.36. The van der Waals surface area contributed by atoms with Crippen molar-refractivity contribution in [1.29, 1.82) is 0 Å². The highest BCUT2D eigenvalue weighted by Gasteiger charge is 2.37. The first-order valence-corrected chi connectivity index (χ1v) is 13.3. The van der Waals surface area contributed by atoms with Crippen molar-refractivity contribution in [2.45, 2.75) is 43.9 Å². The molecule has 1 aliphatic carbocycles. The number of nitrogens with zero attached hydrogens (tertiary/aromatic N) is 1. The molecule has 2 fully saturated rings. The second-order valence-electron chi connectivity index (χ2n) is 9.03. The maximum absolute atomic E-state index is 15.4. The van der Waals surface area contributed by atoms with E-state index in [0.29, 0.717) is 21.2 Å². The Morgan fingerprint density at radius 1 is 1.14 bits per heavy atom. The SMILES string of the molecule is CSNC(=O)c1cc(C2CC2)c(COCC2(F)CCN(C(=O)c3cc(Cl)cc(Cl)c3)CC2)cc1F. The van der Waals surface area contributed by atoms with Crippen LogP contribution in [-0.2, 0) is 11.3 Å². The van der Waals surface area contributed by atoms with Gasteiger partial charge < -0.3 is 9.64 Å². The number of piperidine rings is 1. The van der Waals surface area contributed by atoms with E-state index in [0.717, 1.165) is 30.4 Å². The number of hydrogen-bond donors (Lipinski definition) is 1. The third-order valence-corrected chi connectivity index (χ3v) is 7.19. The Balaban J connectivity index is 1.35. The van der Waals surface area contributed by atoms with Gasteiger partial charge in [0.15, 0.2) is 0 Å². The van der Waals surface area contributed by atoms with Gasteiger partial charge in [0.05, 0.1) is 18.8 Å². The second kappa shape index (κ2) is 11.0. The predicted molar refractivity (Wildman–Crippen MR) is 134 cm³/mol. The Hall–Kier alpha value is -1.87. The van der Waals surface area contributed by atoms with Crippen LogP contribution >= 0.6 is 35.1 Å². The van der Waals surface area contributed by atoms with Crippen LogP contribution in [0.3, 0.4) is 0 Å². The van der Waals surface area contributed by atoms with E-state index in [2.05, 4.69) is 4.72 Å². The number of nitrogens with one attached hydrogen (secondary N) is 1. The molecule has 2 aromatic rings. The van der Waals surface area contributed by atoms with Gasteiger partial charge in [0, 0.05) is 47.8 Å². The molecule has 1 saturated heterocycles. The summed E-state index contributed by atoms with van der Waals surface area (Å²) in [7, 11) is 0. The molecular formula is C25H26Cl2F2N2O3S. The summed E-state index contributed by atoms with van der Waals surface area (Å²) in [5, 5.41) is 0.733. The number of ether oxygens (including phenoxy) is 1. The van der Waals surface area contributed by atoms with Crippen molar-refractivity contribution in [1.82, 2.24) is 9.62 Å². The molecule has 188 valence electrons. The average molecular weight is 543 g/mol. The molecule has 35 heavy (non-hydrogen) atoms. The zero-order valence-corrected chi connectivity index (χ0v) is 21.5. The Labute approximate surface area is 217 Å².